The lowest BCUT2D eigenvalue weighted by Gasteiger charge is -2.41. The zero-order valence-corrected chi connectivity index (χ0v) is 11.9. The molecule has 1 fully saturated rings. The van der Waals surface area contributed by atoms with Gasteiger partial charge in [-0.3, -0.25) is 0 Å². The Bertz CT molecular complexity index is 172. The molecule has 1 unspecified atom stereocenters. The van der Waals surface area contributed by atoms with Crippen LogP contribution in [-0.2, 0) is 0 Å². The lowest BCUT2D eigenvalue weighted by atomic mass is 10.1. The summed E-state index contributed by atoms with van der Waals surface area (Å²) in [4.78, 5) is 0. The van der Waals surface area contributed by atoms with Gasteiger partial charge in [0.2, 0.25) is 0 Å². The largest absolute Gasteiger partial charge is 0.631 e. The minimum absolute atomic E-state index is 0.760. The van der Waals surface area contributed by atoms with E-state index < -0.39 is 15.4 Å². The summed E-state index contributed by atoms with van der Waals surface area (Å²) in [7, 11) is -2.93. The van der Waals surface area contributed by atoms with Gasteiger partial charge >= 0.3 is 7.32 Å². The first-order valence-electron chi connectivity index (χ1n) is 6.56. The fraction of sp³-hybridized carbons (Fsp3) is 1.00. The molecule has 1 rings (SSSR count). The normalized spacial score (nSPS) is 23.2. The average molecular weight is 246 g/mol. The maximum absolute atomic E-state index is 7.17. The molecule has 0 aromatic heterocycles. The van der Waals surface area contributed by atoms with Crippen LogP contribution in [0.25, 0.3) is 0 Å². The molecule has 1 heterocycles. The van der Waals surface area contributed by atoms with Crippen molar-refractivity contribution < 1.29 is 15.1 Å². The Morgan fingerprint density at radius 2 is 1.56 bits per heavy atom. The first-order chi connectivity index (χ1) is 7.52. The number of hydrogen-bond donors (Lipinski definition) is 3. The molecule has 0 bridgehead atoms. The standard InChI is InChI=1S/C11H24Si.BH3O3/c1-4-11-9-7-8-10-12(11,5-2)6-3;2-1(3)4/h11H,4-10H2,1-3H3;2-4H. The number of hydrogen-bond acceptors (Lipinski definition) is 3. The van der Waals surface area contributed by atoms with Crippen molar-refractivity contribution in [2.45, 2.75) is 70.1 Å². The van der Waals surface area contributed by atoms with E-state index in [0.717, 1.165) is 0 Å². The second kappa shape index (κ2) is 8.28. The third kappa shape index (κ3) is 5.00. The van der Waals surface area contributed by atoms with Gasteiger partial charge in [-0.05, 0) is 5.54 Å². The fourth-order valence-corrected chi connectivity index (χ4v) is 8.60. The van der Waals surface area contributed by atoms with Crippen molar-refractivity contribution in [3.05, 3.63) is 0 Å². The average Bonchev–Trinajstić information content (AvgIpc) is 2.28. The minimum atomic E-state index is -2.17. The monoisotopic (exact) mass is 246 g/mol. The maximum Gasteiger partial charge on any atom is 0.631 e. The molecule has 0 saturated carbocycles. The molecule has 96 valence electrons. The zero-order chi connectivity index (χ0) is 12.6. The predicted octanol–water partition coefficient (Wildman–Crippen LogP) is 2.39. The van der Waals surface area contributed by atoms with Crippen LogP contribution < -0.4 is 0 Å². The van der Waals surface area contributed by atoms with Crippen LogP contribution >= 0.6 is 0 Å². The van der Waals surface area contributed by atoms with E-state index in [-0.39, 0.29) is 0 Å². The smallest absolute Gasteiger partial charge is 0.402 e. The van der Waals surface area contributed by atoms with Crippen molar-refractivity contribution in [1.82, 2.24) is 0 Å². The van der Waals surface area contributed by atoms with Gasteiger partial charge in [-0.2, -0.15) is 0 Å². The van der Waals surface area contributed by atoms with Crippen LogP contribution in [-0.4, -0.2) is 30.5 Å². The van der Waals surface area contributed by atoms with E-state index in [4.69, 9.17) is 15.1 Å². The lowest BCUT2D eigenvalue weighted by Crippen LogP contribution is -2.40. The van der Waals surface area contributed by atoms with Crippen molar-refractivity contribution in [2.75, 3.05) is 0 Å². The van der Waals surface area contributed by atoms with Crippen LogP contribution in [0.4, 0.5) is 0 Å². The first kappa shape index (κ1) is 16.2. The molecule has 1 aliphatic heterocycles. The van der Waals surface area contributed by atoms with E-state index >= 15 is 0 Å². The summed E-state index contributed by atoms with van der Waals surface area (Å²) >= 11 is 0. The predicted molar refractivity (Wildman–Crippen MR) is 71.8 cm³/mol. The minimum Gasteiger partial charge on any atom is -0.402 e. The fourth-order valence-electron chi connectivity index (χ4n) is 3.20. The molecule has 1 aliphatic rings. The molecular weight excluding hydrogens is 219 g/mol. The van der Waals surface area contributed by atoms with E-state index in [9.17, 15) is 0 Å². The summed E-state index contributed by atoms with van der Waals surface area (Å²) in [6.07, 6.45) is 6.09. The molecule has 1 saturated heterocycles. The summed E-state index contributed by atoms with van der Waals surface area (Å²) in [5, 5.41) is 21.5. The third-order valence-corrected chi connectivity index (χ3v) is 10.8. The van der Waals surface area contributed by atoms with E-state index in [1.165, 1.54) is 18.4 Å². The van der Waals surface area contributed by atoms with Gasteiger partial charge < -0.3 is 15.1 Å². The van der Waals surface area contributed by atoms with E-state index in [1.807, 2.05) is 0 Å². The molecule has 0 spiro atoms. The highest BCUT2D eigenvalue weighted by atomic mass is 28.3. The molecule has 0 aromatic rings. The van der Waals surface area contributed by atoms with Crippen LogP contribution in [0.2, 0.25) is 23.7 Å². The van der Waals surface area contributed by atoms with Crippen LogP contribution in [0.15, 0.2) is 0 Å². The van der Waals surface area contributed by atoms with Gasteiger partial charge in [-0.25, -0.2) is 0 Å². The van der Waals surface area contributed by atoms with Gasteiger partial charge in [0.05, 0.1) is 8.07 Å². The molecular formula is C11H27BO3Si. The Balaban J connectivity index is 0.000000487. The number of rotatable bonds is 3. The molecule has 3 N–H and O–H groups in total. The molecule has 0 radical (unpaired) electrons. The van der Waals surface area contributed by atoms with Gasteiger partial charge in [0.25, 0.3) is 0 Å². The highest BCUT2D eigenvalue weighted by Gasteiger charge is 2.38. The second-order valence-corrected chi connectivity index (χ2v) is 10.2. The summed E-state index contributed by atoms with van der Waals surface area (Å²) < 4.78 is 0. The lowest BCUT2D eigenvalue weighted by molar-refractivity contribution is 0.278. The van der Waals surface area contributed by atoms with E-state index in [1.54, 1.807) is 31.0 Å². The molecule has 0 aliphatic carbocycles. The van der Waals surface area contributed by atoms with Crippen LogP contribution in [0.1, 0.15) is 46.5 Å². The molecule has 5 heteroatoms. The van der Waals surface area contributed by atoms with Crippen molar-refractivity contribution in [3.8, 4) is 0 Å². The van der Waals surface area contributed by atoms with Crippen LogP contribution in [0, 0.1) is 0 Å². The Morgan fingerprint density at radius 1 is 1.06 bits per heavy atom. The van der Waals surface area contributed by atoms with Crippen molar-refractivity contribution in [3.63, 3.8) is 0 Å². The molecule has 1 atom stereocenters. The summed E-state index contributed by atoms with van der Waals surface area (Å²) in [6.45, 7) is 7.30. The maximum atomic E-state index is 7.17. The highest BCUT2D eigenvalue weighted by molar-refractivity contribution is 6.81. The van der Waals surface area contributed by atoms with Crippen molar-refractivity contribution in [1.29, 1.82) is 0 Å². The van der Waals surface area contributed by atoms with Gasteiger partial charge in [-0.1, -0.05) is 64.6 Å². The summed E-state index contributed by atoms with van der Waals surface area (Å²) in [5.41, 5.74) is 1.17. The van der Waals surface area contributed by atoms with Gasteiger partial charge in [0.1, 0.15) is 0 Å². The molecule has 0 amide bonds. The van der Waals surface area contributed by atoms with E-state index in [2.05, 4.69) is 20.8 Å². The molecule has 0 aromatic carbocycles. The van der Waals surface area contributed by atoms with Crippen molar-refractivity contribution in [2.24, 2.45) is 0 Å². The summed E-state index contributed by atoms with van der Waals surface area (Å²) in [6, 6.07) is 4.72. The Kier molecular flexibility index (Phi) is 8.37. The van der Waals surface area contributed by atoms with Crippen LogP contribution in [0.3, 0.4) is 0 Å². The molecule has 3 nitrogen and oxygen atoms in total. The highest BCUT2D eigenvalue weighted by Crippen LogP contribution is 2.44. The topological polar surface area (TPSA) is 60.7 Å². The first-order valence-corrected chi connectivity index (χ1v) is 9.26. The van der Waals surface area contributed by atoms with Gasteiger partial charge in [-0.15, -0.1) is 0 Å². The Hall–Kier alpha value is 0.162. The molecule has 16 heavy (non-hydrogen) atoms. The Morgan fingerprint density at radius 3 is 1.88 bits per heavy atom. The Labute approximate surface area is 101 Å². The zero-order valence-electron chi connectivity index (χ0n) is 10.9. The van der Waals surface area contributed by atoms with Gasteiger partial charge in [0, 0.05) is 0 Å². The van der Waals surface area contributed by atoms with Crippen molar-refractivity contribution >= 4 is 15.4 Å². The third-order valence-electron chi connectivity index (χ3n) is 4.24. The SMILES string of the molecule is CCC1CCCC[Si]1(CC)CC.OB(O)O. The summed E-state index contributed by atoms with van der Waals surface area (Å²) in [5.74, 6) is 0. The quantitative estimate of drug-likeness (QED) is 0.670. The van der Waals surface area contributed by atoms with Gasteiger partial charge in [0.15, 0.2) is 0 Å². The van der Waals surface area contributed by atoms with E-state index in [0.29, 0.717) is 0 Å². The van der Waals surface area contributed by atoms with Crippen LogP contribution in [0.5, 0.6) is 0 Å². The second-order valence-electron chi connectivity index (χ2n) is 4.77.